The zero-order valence-corrected chi connectivity index (χ0v) is 18.7. The van der Waals surface area contributed by atoms with Crippen LogP contribution in [0.25, 0.3) is 0 Å². The van der Waals surface area contributed by atoms with Gasteiger partial charge >= 0.3 is 6.03 Å². The molecule has 2 aromatic carbocycles. The van der Waals surface area contributed by atoms with Crippen molar-refractivity contribution in [3.63, 3.8) is 0 Å². The van der Waals surface area contributed by atoms with Crippen LogP contribution in [0.3, 0.4) is 0 Å². The number of benzene rings is 2. The van der Waals surface area contributed by atoms with Crippen LogP contribution >= 0.6 is 0 Å². The molecule has 2 N–H and O–H groups in total. The third-order valence-corrected chi connectivity index (χ3v) is 5.93. The Kier molecular flexibility index (Phi) is 5.64. The van der Waals surface area contributed by atoms with Crippen LogP contribution < -0.4 is 29.6 Å². The molecule has 3 aliphatic rings. The number of carbonyl (C=O) groups excluding carboxylic acids is 3. The van der Waals surface area contributed by atoms with E-state index in [4.69, 9.17) is 18.9 Å². The van der Waals surface area contributed by atoms with Crippen LogP contribution in [0.4, 0.5) is 10.5 Å². The normalized spacial score (nSPS) is 21.4. The number of hydrogen-bond donors (Lipinski definition) is 2. The number of urea groups is 1. The zero-order chi connectivity index (χ0) is 23.7. The Hall–Kier alpha value is -3.95. The number of nitrogens with zero attached hydrogens (tertiary/aromatic N) is 1. The van der Waals surface area contributed by atoms with Crippen LogP contribution in [-0.4, -0.2) is 55.7 Å². The molecule has 3 heterocycles. The van der Waals surface area contributed by atoms with Gasteiger partial charge in [-0.1, -0.05) is 6.07 Å². The van der Waals surface area contributed by atoms with E-state index in [1.807, 2.05) is 0 Å². The number of ether oxygens (including phenoxy) is 4. The van der Waals surface area contributed by atoms with Crippen LogP contribution in [0.15, 0.2) is 36.4 Å². The standard InChI is InChI=1S/C24H25N3O7/c1-24(15-4-6-17-19(12-15)33-10-2-8-31-17)22(29)27(23(30)26-24)14-21(28)25-16-5-7-18-20(13-16)34-11-3-9-32-18/h4-7,12-13H,2-3,8-11,14H2,1H3,(H,25,28)(H,26,30). The molecule has 10 nitrogen and oxygen atoms in total. The predicted octanol–water partition coefficient (Wildman–Crippen LogP) is 2.41. The third kappa shape index (κ3) is 4.07. The molecule has 1 saturated heterocycles. The largest absolute Gasteiger partial charge is 0.490 e. The van der Waals surface area contributed by atoms with E-state index in [0.717, 1.165) is 17.7 Å². The van der Waals surface area contributed by atoms with Gasteiger partial charge in [0.1, 0.15) is 12.1 Å². The topological polar surface area (TPSA) is 115 Å². The van der Waals surface area contributed by atoms with Crippen molar-refractivity contribution in [2.45, 2.75) is 25.3 Å². The molecule has 34 heavy (non-hydrogen) atoms. The molecule has 2 aromatic rings. The fourth-order valence-corrected chi connectivity index (χ4v) is 4.10. The van der Waals surface area contributed by atoms with Crippen molar-refractivity contribution in [2.75, 3.05) is 38.3 Å². The Morgan fingerprint density at radius 1 is 0.912 bits per heavy atom. The van der Waals surface area contributed by atoms with E-state index in [1.165, 1.54) is 0 Å². The van der Waals surface area contributed by atoms with Crippen molar-refractivity contribution in [2.24, 2.45) is 0 Å². The molecule has 178 valence electrons. The molecular weight excluding hydrogens is 442 g/mol. The first-order valence-electron chi connectivity index (χ1n) is 11.2. The lowest BCUT2D eigenvalue weighted by Crippen LogP contribution is -2.42. The number of amides is 4. The lowest BCUT2D eigenvalue weighted by molar-refractivity contribution is -0.133. The van der Waals surface area contributed by atoms with Gasteiger partial charge < -0.3 is 29.6 Å². The highest BCUT2D eigenvalue weighted by molar-refractivity contribution is 6.10. The average Bonchev–Trinajstić information content (AvgIpc) is 3.10. The maximum absolute atomic E-state index is 13.2. The Morgan fingerprint density at radius 3 is 2.18 bits per heavy atom. The minimum absolute atomic E-state index is 0.431. The fraction of sp³-hybridized carbons (Fsp3) is 0.375. The second kappa shape index (κ2) is 8.77. The molecular formula is C24H25N3O7. The summed E-state index contributed by atoms with van der Waals surface area (Å²) in [6.07, 6.45) is 1.52. The highest BCUT2D eigenvalue weighted by Crippen LogP contribution is 2.37. The van der Waals surface area contributed by atoms with Gasteiger partial charge in [0.25, 0.3) is 5.91 Å². The van der Waals surface area contributed by atoms with Gasteiger partial charge in [0.2, 0.25) is 5.91 Å². The lowest BCUT2D eigenvalue weighted by Gasteiger charge is -2.23. The van der Waals surface area contributed by atoms with E-state index >= 15 is 0 Å². The molecule has 1 unspecified atom stereocenters. The number of carbonyl (C=O) groups is 3. The van der Waals surface area contributed by atoms with E-state index < -0.39 is 29.9 Å². The van der Waals surface area contributed by atoms with Crippen molar-refractivity contribution in [3.05, 3.63) is 42.0 Å². The monoisotopic (exact) mass is 467 g/mol. The molecule has 1 atom stereocenters. The van der Waals surface area contributed by atoms with E-state index in [2.05, 4.69) is 10.6 Å². The summed E-state index contributed by atoms with van der Waals surface area (Å²) < 4.78 is 22.6. The molecule has 0 bridgehead atoms. The SMILES string of the molecule is CC1(c2ccc3c(c2)OCCCO3)NC(=O)N(CC(=O)Nc2ccc3c(c2)OCCCO3)C1=O. The molecule has 0 aromatic heterocycles. The number of imide groups is 1. The summed E-state index contributed by atoms with van der Waals surface area (Å²) in [6.45, 7) is 3.30. The Morgan fingerprint density at radius 2 is 1.50 bits per heavy atom. The Bertz CT molecular complexity index is 1150. The summed E-state index contributed by atoms with van der Waals surface area (Å²) in [7, 11) is 0. The van der Waals surface area contributed by atoms with Crippen LogP contribution in [0, 0.1) is 0 Å². The van der Waals surface area contributed by atoms with E-state index in [9.17, 15) is 14.4 Å². The minimum Gasteiger partial charge on any atom is -0.490 e. The highest BCUT2D eigenvalue weighted by Gasteiger charge is 2.49. The summed E-state index contributed by atoms with van der Waals surface area (Å²) in [5.41, 5.74) is -0.315. The van der Waals surface area contributed by atoms with Crippen molar-refractivity contribution < 1.29 is 33.3 Å². The zero-order valence-electron chi connectivity index (χ0n) is 18.7. The van der Waals surface area contributed by atoms with Gasteiger partial charge in [-0.05, 0) is 36.8 Å². The molecule has 0 saturated carbocycles. The van der Waals surface area contributed by atoms with Gasteiger partial charge in [0.05, 0.1) is 26.4 Å². The Labute approximate surface area is 196 Å². The number of hydrogen-bond acceptors (Lipinski definition) is 7. The van der Waals surface area contributed by atoms with Gasteiger partial charge in [-0.15, -0.1) is 0 Å². The second-order valence-electron chi connectivity index (χ2n) is 8.42. The first kappa shape index (κ1) is 21.9. The summed E-state index contributed by atoms with van der Waals surface area (Å²) in [5.74, 6) is 1.21. The van der Waals surface area contributed by atoms with Crippen molar-refractivity contribution in [3.8, 4) is 23.0 Å². The number of anilines is 1. The van der Waals surface area contributed by atoms with Crippen molar-refractivity contribution in [1.82, 2.24) is 10.2 Å². The predicted molar refractivity (Wildman–Crippen MR) is 120 cm³/mol. The molecule has 3 aliphatic heterocycles. The first-order chi connectivity index (χ1) is 16.4. The third-order valence-electron chi connectivity index (χ3n) is 5.93. The molecule has 0 spiro atoms. The van der Waals surface area contributed by atoms with Crippen LogP contribution in [0.2, 0.25) is 0 Å². The number of rotatable bonds is 4. The summed E-state index contributed by atoms with van der Waals surface area (Å²) in [6, 6.07) is 9.54. The number of fused-ring (bicyclic) bond motifs is 2. The maximum atomic E-state index is 13.2. The molecule has 1 fully saturated rings. The maximum Gasteiger partial charge on any atom is 0.325 e. The fourth-order valence-electron chi connectivity index (χ4n) is 4.10. The van der Waals surface area contributed by atoms with E-state index in [1.54, 1.807) is 43.3 Å². The number of nitrogens with one attached hydrogen (secondary N) is 2. The quantitative estimate of drug-likeness (QED) is 0.664. The van der Waals surface area contributed by atoms with Gasteiger partial charge in [-0.2, -0.15) is 0 Å². The van der Waals surface area contributed by atoms with Crippen molar-refractivity contribution in [1.29, 1.82) is 0 Å². The van der Waals surface area contributed by atoms with Crippen LogP contribution in [0.1, 0.15) is 25.3 Å². The van der Waals surface area contributed by atoms with Crippen LogP contribution in [-0.2, 0) is 15.1 Å². The smallest absolute Gasteiger partial charge is 0.325 e. The molecule has 5 rings (SSSR count). The first-order valence-corrected chi connectivity index (χ1v) is 11.2. The average molecular weight is 467 g/mol. The Balaban J connectivity index is 1.29. The van der Waals surface area contributed by atoms with E-state index in [0.29, 0.717) is 60.7 Å². The van der Waals surface area contributed by atoms with E-state index in [-0.39, 0.29) is 0 Å². The van der Waals surface area contributed by atoms with Gasteiger partial charge in [0, 0.05) is 24.6 Å². The van der Waals surface area contributed by atoms with Crippen molar-refractivity contribution >= 4 is 23.5 Å². The van der Waals surface area contributed by atoms with Gasteiger partial charge in [-0.25, -0.2) is 4.79 Å². The highest BCUT2D eigenvalue weighted by atomic mass is 16.5. The van der Waals surface area contributed by atoms with Gasteiger partial charge in [0.15, 0.2) is 23.0 Å². The summed E-state index contributed by atoms with van der Waals surface area (Å²) in [4.78, 5) is 39.5. The second-order valence-corrected chi connectivity index (χ2v) is 8.42. The van der Waals surface area contributed by atoms with Crippen LogP contribution in [0.5, 0.6) is 23.0 Å². The molecule has 4 amide bonds. The molecule has 0 radical (unpaired) electrons. The summed E-state index contributed by atoms with van der Waals surface area (Å²) in [5, 5.41) is 5.42. The van der Waals surface area contributed by atoms with Gasteiger partial charge in [-0.3, -0.25) is 14.5 Å². The molecule has 0 aliphatic carbocycles. The minimum atomic E-state index is -1.34. The summed E-state index contributed by atoms with van der Waals surface area (Å²) >= 11 is 0. The lowest BCUT2D eigenvalue weighted by atomic mass is 9.91. The molecule has 10 heteroatoms.